The quantitative estimate of drug-likeness (QED) is 0.594. The van der Waals surface area contributed by atoms with Gasteiger partial charge in [0.25, 0.3) is 0 Å². The van der Waals surface area contributed by atoms with Gasteiger partial charge in [0.2, 0.25) is 5.91 Å². The number of hydrogen-bond donors (Lipinski definition) is 4. The van der Waals surface area contributed by atoms with Crippen molar-refractivity contribution in [3.05, 3.63) is 54.3 Å². The van der Waals surface area contributed by atoms with Crippen molar-refractivity contribution in [1.82, 2.24) is 21.3 Å². The summed E-state index contributed by atoms with van der Waals surface area (Å²) >= 11 is 0. The van der Waals surface area contributed by atoms with Gasteiger partial charge in [0.15, 0.2) is 0 Å². The highest BCUT2D eigenvalue weighted by Gasteiger charge is 2.37. The highest BCUT2D eigenvalue weighted by atomic mass is 19.1. The van der Waals surface area contributed by atoms with Crippen LogP contribution in [0.4, 0.5) is 15.8 Å². The van der Waals surface area contributed by atoms with Gasteiger partial charge in [-0.2, -0.15) is 5.53 Å². The predicted molar refractivity (Wildman–Crippen MR) is 109 cm³/mol. The number of rotatable bonds is 5. The Balaban J connectivity index is 1.38. The molecule has 2 heterocycles. The van der Waals surface area contributed by atoms with Crippen molar-refractivity contribution in [2.45, 2.75) is 12.2 Å². The van der Waals surface area contributed by atoms with E-state index in [9.17, 15) is 9.18 Å². The number of benzene rings is 2. The van der Waals surface area contributed by atoms with Crippen molar-refractivity contribution < 1.29 is 13.9 Å². The second kappa shape index (κ2) is 8.64. The molecule has 4 N–H and O–H groups in total. The van der Waals surface area contributed by atoms with E-state index in [0.29, 0.717) is 31.9 Å². The van der Waals surface area contributed by atoms with E-state index < -0.39 is 12.2 Å². The molecule has 2 unspecified atom stereocenters. The molecule has 8 nitrogen and oxygen atoms in total. The standard InChI is InChI=1S/C20H25FN6O2/c1-29-17-9-5-4-8-16(17)26-10-12-27(13-11-26)20(28)18-19(24-25-23-18)22-15-7-3-2-6-14(15)21/h2-9,18-19,22-25H,10-13H2,1H3. The molecular formula is C20H25FN6O2. The van der Waals surface area contributed by atoms with Crippen LogP contribution >= 0.6 is 0 Å². The van der Waals surface area contributed by atoms with Gasteiger partial charge in [0.05, 0.1) is 18.5 Å². The van der Waals surface area contributed by atoms with Crippen LogP contribution in [0.15, 0.2) is 48.5 Å². The molecule has 2 aromatic rings. The maximum absolute atomic E-state index is 13.9. The fraction of sp³-hybridized carbons (Fsp3) is 0.350. The SMILES string of the molecule is COc1ccccc1N1CCN(C(=O)C2NNNC2Nc2ccccc2F)CC1. The number of nitrogens with zero attached hydrogens (tertiary/aromatic N) is 2. The van der Waals surface area contributed by atoms with Crippen LogP contribution in [-0.4, -0.2) is 56.3 Å². The second-order valence-electron chi connectivity index (χ2n) is 6.98. The highest BCUT2D eigenvalue weighted by molar-refractivity contribution is 5.83. The number of amides is 1. The lowest BCUT2D eigenvalue weighted by Gasteiger charge is -2.38. The zero-order valence-corrected chi connectivity index (χ0v) is 16.2. The van der Waals surface area contributed by atoms with E-state index in [-0.39, 0.29) is 11.7 Å². The summed E-state index contributed by atoms with van der Waals surface area (Å²) in [6.45, 7) is 2.62. The molecule has 0 radical (unpaired) electrons. The average Bonchev–Trinajstić information content (AvgIpc) is 3.23. The Morgan fingerprint density at radius 1 is 1.07 bits per heavy atom. The first kappa shape index (κ1) is 19.4. The molecule has 2 atom stereocenters. The fourth-order valence-corrected chi connectivity index (χ4v) is 3.69. The third-order valence-corrected chi connectivity index (χ3v) is 5.26. The van der Waals surface area contributed by atoms with Gasteiger partial charge in [-0.05, 0) is 24.3 Å². The maximum Gasteiger partial charge on any atom is 0.244 e. The zero-order chi connectivity index (χ0) is 20.2. The Morgan fingerprint density at radius 2 is 1.79 bits per heavy atom. The van der Waals surface area contributed by atoms with Gasteiger partial charge in [-0.1, -0.05) is 24.3 Å². The molecular weight excluding hydrogens is 375 g/mol. The number of methoxy groups -OCH3 is 1. The Bertz CT molecular complexity index is 858. The summed E-state index contributed by atoms with van der Waals surface area (Å²) < 4.78 is 19.4. The minimum atomic E-state index is -0.563. The summed E-state index contributed by atoms with van der Waals surface area (Å²) in [5, 5.41) is 3.04. The summed E-state index contributed by atoms with van der Waals surface area (Å²) in [5.74, 6) is 0.418. The van der Waals surface area contributed by atoms with Crippen LogP contribution in [0.2, 0.25) is 0 Å². The van der Waals surface area contributed by atoms with Gasteiger partial charge in [-0.3, -0.25) is 4.79 Å². The number of nitrogens with one attached hydrogen (secondary N) is 4. The Morgan fingerprint density at radius 3 is 2.55 bits per heavy atom. The largest absolute Gasteiger partial charge is 0.495 e. The number of carbonyl (C=O) groups is 1. The lowest BCUT2D eigenvalue weighted by Crippen LogP contribution is -2.57. The molecule has 0 aliphatic carbocycles. The predicted octanol–water partition coefficient (Wildman–Crippen LogP) is 0.902. The molecule has 0 bridgehead atoms. The Labute approximate surface area is 168 Å². The van der Waals surface area contributed by atoms with Gasteiger partial charge in [-0.15, -0.1) is 0 Å². The highest BCUT2D eigenvalue weighted by Crippen LogP contribution is 2.28. The summed E-state index contributed by atoms with van der Waals surface area (Å²) in [7, 11) is 1.66. The van der Waals surface area contributed by atoms with E-state index in [4.69, 9.17) is 4.74 Å². The number of para-hydroxylation sites is 3. The van der Waals surface area contributed by atoms with E-state index in [1.807, 2.05) is 29.2 Å². The van der Waals surface area contributed by atoms with Crippen LogP contribution in [0.25, 0.3) is 0 Å². The number of halogens is 1. The number of piperazine rings is 1. The number of hydrogen-bond acceptors (Lipinski definition) is 7. The normalized spacial score (nSPS) is 21.9. The summed E-state index contributed by atoms with van der Waals surface area (Å²) in [6, 6.07) is 13.7. The molecule has 2 aromatic carbocycles. The number of ether oxygens (including phenoxy) is 1. The summed E-state index contributed by atoms with van der Waals surface area (Å²) in [6.07, 6.45) is -0.480. The lowest BCUT2D eigenvalue weighted by atomic mass is 10.1. The average molecular weight is 400 g/mol. The molecule has 4 rings (SSSR count). The van der Waals surface area contributed by atoms with Crippen LogP contribution in [0, 0.1) is 5.82 Å². The number of hydrazine groups is 2. The molecule has 9 heteroatoms. The van der Waals surface area contributed by atoms with Gasteiger partial charge in [0.1, 0.15) is 23.8 Å². The van der Waals surface area contributed by atoms with Crippen LogP contribution in [0.3, 0.4) is 0 Å². The second-order valence-corrected chi connectivity index (χ2v) is 6.98. The Kier molecular flexibility index (Phi) is 5.79. The first-order valence-corrected chi connectivity index (χ1v) is 9.61. The molecule has 0 spiro atoms. The molecule has 0 saturated carbocycles. The van der Waals surface area contributed by atoms with Crippen molar-refractivity contribution in [3.63, 3.8) is 0 Å². The van der Waals surface area contributed by atoms with Gasteiger partial charge in [0, 0.05) is 26.2 Å². The number of carbonyl (C=O) groups excluding carboxylic acids is 1. The maximum atomic E-state index is 13.9. The van der Waals surface area contributed by atoms with Crippen molar-refractivity contribution in [1.29, 1.82) is 0 Å². The molecule has 2 saturated heterocycles. The third-order valence-electron chi connectivity index (χ3n) is 5.26. The van der Waals surface area contributed by atoms with Gasteiger partial charge in [-0.25, -0.2) is 15.2 Å². The molecule has 0 aromatic heterocycles. The zero-order valence-electron chi connectivity index (χ0n) is 16.2. The minimum Gasteiger partial charge on any atom is -0.495 e. The molecule has 154 valence electrons. The van der Waals surface area contributed by atoms with E-state index >= 15 is 0 Å². The first-order chi connectivity index (χ1) is 14.2. The summed E-state index contributed by atoms with van der Waals surface area (Å²) in [4.78, 5) is 17.1. The van der Waals surface area contributed by atoms with Crippen molar-refractivity contribution in [3.8, 4) is 5.75 Å². The topological polar surface area (TPSA) is 80.9 Å². The van der Waals surface area contributed by atoms with Crippen molar-refractivity contribution in [2.75, 3.05) is 43.5 Å². The number of anilines is 2. The van der Waals surface area contributed by atoms with Crippen LogP contribution in [-0.2, 0) is 4.79 Å². The van der Waals surface area contributed by atoms with Crippen molar-refractivity contribution in [2.24, 2.45) is 0 Å². The molecule has 2 fully saturated rings. The van der Waals surface area contributed by atoms with E-state index in [1.165, 1.54) is 6.07 Å². The molecule has 2 aliphatic heterocycles. The first-order valence-electron chi connectivity index (χ1n) is 9.61. The van der Waals surface area contributed by atoms with E-state index in [1.54, 1.807) is 25.3 Å². The van der Waals surface area contributed by atoms with Crippen LogP contribution < -0.4 is 31.3 Å². The fourth-order valence-electron chi connectivity index (χ4n) is 3.69. The minimum absolute atomic E-state index is 0.0454. The van der Waals surface area contributed by atoms with Crippen LogP contribution in [0.1, 0.15) is 0 Å². The Hall–Kier alpha value is -2.88. The van der Waals surface area contributed by atoms with Gasteiger partial charge < -0.3 is 19.9 Å². The monoisotopic (exact) mass is 400 g/mol. The van der Waals surface area contributed by atoms with Gasteiger partial charge >= 0.3 is 0 Å². The molecule has 2 aliphatic rings. The van der Waals surface area contributed by atoms with Crippen molar-refractivity contribution >= 4 is 17.3 Å². The van der Waals surface area contributed by atoms with Crippen LogP contribution in [0.5, 0.6) is 5.75 Å². The molecule has 29 heavy (non-hydrogen) atoms. The third kappa shape index (κ3) is 4.12. The smallest absolute Gasteiger partial charge is 0.244 e. The van der Waals surface area contributed by atoms with E-state index in [2.05, 4.69) is 26.6 Å². The summed E-state index contributed by atoms with van der Waals surface area (Å²) in [5.41, 5.74) is 10.0. The van der Waals surface area contributed by atoms with E-state index in [0.717, 1.165) is 11.4 Å². The molecule has 1 amide bonds. The lowest BCUT2D eigenvalue weighted by molar-refractivity contribution is -0.133.